The molecule has 0 radical (unpaired) electrons. The minimum absolute atomic E-state index is 0.0304. The van der Waals surface area contributed by atoms with Gasteiger partial charge in [0.1, 0.15) is 9.92 Å². The lowest BCUT2D eigenvalue weighted by Gasteiger charge is -2.05. The van der Waals surface area contributed by atoms with Crippen molar-refractivity contribution in [2.75, 3.05) is 0 Å². The van der Waals surface area contributed by atoms with Gasteiger partial charge < -0.3 is 0 Å². The number of rotatable bonds is 3. The maximum absolute atomic E-state index is 12.3. The highest BCUT2D eigenvalue weighted by molar-refractivity contribution is 8.02. The van der Waals surface area contributed by atoms with Crippen molar-refractivity contribution in [3.63, 3.8) is 0 Å². The number of aryl methyl sites for hydroxylation is 1. The van der Waals surface area contributed by atoms with Gasteiger partial charge in [-0.05, 0) is 31.2 Å². The Labute approximate surface area is 118 Å². The Hall–Kier alpha value is -1.70. The van der Waals surface area contributed by atoms with Crippen molar-refractivity contribution in [1.29, 1.82) is 0 Å². The van der Waals surface area contributed by atoms with E-state index in [-0.39, 0.29) is 9.79 Å². The van der Waals surface area contributed by atoms with Gasteiger partial charge in [-0.1, -0.05) is 39.7 Å². The van der Waals surface area contributed by atoms with Gasteiger partial charge in [-0.2, -0.15) is 8.42 Å². The average Bonchev–Trinajstić information content (AvgIpc) is 2.39. The molecule has 5 nitrogen and oxygen atoms in total. The molecule has 2 aromatic carbocycles. The number of sulfonamides is 1. The van der Waals surface area contributed by atoms with Crippen LogP contribution in [0.15, 0.2) is 68.2 Å². The van der Waals surface area contributed by atoms with Crippen LogP contribution in [-0.4, -0.2) is 12.6 Å². The Morgan fingerprint density at radius 3 is 1.95 bits per heavy atom. The summed E-state index contributed by atoms with van der Waals surface area (Å²) in [4.78, 5) is 0.146. The SMILES string of the molecule is Cc1ccc(S(=O)(=O)N=S(N)(=O)c2ccccc2)cc1. The molecule has 20 heavy (non-hydrogen) atoms. The van der Waals surface area contributed by atoms with Gasteiger partial charge in [0.15, 0.2) is 0 Å². The summed E-state index contributed by atoms with van der Waals surface area (Å²) in [5.41, 5.74) is 0.917. The van der Waals surface area contributed by atoms with Crippen LogP contribution in [0.2, 0.25) is 0 Å². The smallest absolute Gasteiger partial charge is 0.240 e. The minimum atomic E-state index is -4.06. The third-order valence-electron chi connectivity index (χ3n) is 2.61. The summed E-state index contributed by atoms with van der Waals surface area (Å²) in [7, 11) is -7.55. The molecule has 0 fully saturated rings. The number of benzene rings is 2. The summed E-state index contributed by atoms with van der Waals surface area (Å²) in [5, 5.41) is 5.57. The van der Waals surface area contributed by atoms with Crippen LogP contribution in [0.1, 0.15) is 5.56 Å². The first-order valence-electron chi connectivity index (χ1n) is 5.74. The summed E-state index contributed by atoms with van der Waals surface area (Å²) >= 11 is 0. The molecule has 2 aromatic rings. The van der Waals surface area contributed by atoms with Crippen LogP contribution in [0.4, 0.5) is 0 Å². The van der Waals surface area contributed by atoms with Gasteiger partial charge in [0.25, 0.3) is 10.0 Å². The van der Waals surface area contributed by atoms with E-state index in [9.17, 15) is 12.6 Å². The zero-order chi connectivity index (χ0) is 14.8. The molecular formula is C13H14N2O3S2. The van der Waals surface area contributed by atoms with E-state index < -0.39 is 19.9 Å². The normalized spacial score (nSPS) is 14.5. The fraction of sp³-hybridized carbons (Fsp3) is 0.0769. The highest BCUT2D eigenvalue weighted by atomic mass is 32.3. The molecule has 1 unspecified atom stereocenters. The second-order valence-corrected chi connectivity index (χ2v) is 7.87. The standard InChI is InChI=1S/C13H14N2O3S2/c1-11-7-9-13(10-8-11)20(17,18)15-19(14,16)12-5-3-2-4-6-12/h2-10H,1H3,(H2,14,15,16). The molecule has 0 aliphatic rings. The maximum Gasteiger partial charge on any atom is 0.291 e. The Kier molecular flexibility index (Phi) is 3.94. The quantitative estimate of drug-likeness (QED) is 0.941. The van der Waals surface area contributed by atoms with Crippen LogP contribution >= 0.6 is 0 Å². The Balaban J connectivity index is 2.53. The fourth-order valence-corrected chi connectivity index (χ4v) is 4.44. The van der Waals surface area contributed by atoms with E-state index in [1.165, 1.54) is 24.3 Å². The molecule has 7 heteroatoms. The van der Waals surface area contributed by atoms with Gasteiger partial charge in [-0.15, -0.1) is 0 Å². The third kappa shape index (κ3) is 3.24. The molecule has 2 rings (SSSR count). The van der Waals surface area contributed by atoms with Crippen molar-refractivity contribution in [2.24, 2.45) is 8.91 Å². The second kappa shape index (κ2) is 5.35. The molecule has 0 bridgehead atoms. The molecule has 106 valence electrons. The monoisotopic (exact) mass is 310 g/mol. The van der Waals surface area contributed by atoms with Gasteiger partial charge in [0, 0.05) is 0 Å². The lowest BCUT2D eigenvalue weighted by atomic mass is 10.2. The zero-order valence-electron chi connectivity index (χ0n) is 10.8. The lowest BCUT2D eigenvalue weighted by Crippen LogP contribution is -2.15. The predicted octanol–water partition coefficient (Wildman–Crippen LogP) is 2.08. The van der Waals surface area contributed by atoms with E-state index >= 15 is 0 Å². The van der Waals surface area contributed by atoms with Crippen LogP contribution in [0.25, 0.3) is 0 Å². The highest BCUT2D eigenvalue weighted by Gasteiger charge is 2.17. The van der Waals surface area contributed by atoms with Crippen LogP contribution in [-0.2, 0) is 19.9 Å². The number of hydrogen-bond donors (Lipinski definition) is 1. The first-order chi connectivity index (χ1) is 9.31. The van der Waals surface area contributed by atoms with E-state index in [1.54, 1.807) is 30.3 Å². The van der Waals surface area contributed by atoms with E-state index in [1.807, 2.05) is 6.92 Å². The molecule has 0 spiro atoms. The largest absolute Gasteiger partial charge is 0.291 e. The molecule has 0 saturated carbocycles. The molecule has 0 amide bonds. The number of hydrogen-bond acceptors (Lipinski definition) is 3. The number of nitrogens with two attached hydrogens (primary N) is 1. The predicted molar refractivity (Wildman–Crippen MR) is 77.8 cm³/mol. The van der Waals surface area contributed by atoms with Crippen molar-refractivity contribution in [3.05, 3.63) is 60.2 Å². The van der Waals surface area contributed by atoms with Crippen LogP contribution < -0.4 is 5.14 Å². The Morgan fingerprint density at radius 2 is 1.40 bits per heavy atom. The van der Waals surface area contributed by atoms with E-state index in [2.05, 4.69) is 3.77 Å². The molecule has 0 aromatic heterocycles. The Bertz CT molecular complexity index is 820. The van der Waals surface area contributed by atoms with Crippen molar-refractivity contribution < 1.29 is 12.6 Å². The minimum Gasteiger partial charge on any atom is -0.240 e. The van der Waals surface area contributed by atoms with Crippen molar-refractivity contribution in [1.82, 2.24) is 0 Å². The molecule has 0 aliphatic carbocycles. The molecule has 2 N–H and O–H groups in total. The van der Waals surface area contributed by atoms with Gasteiger partial charge >= 0.3 is 0 Å². The highest BCUT2D eigenvalue weighted by Crippen LogP contribution is 2.17. The average molecular weight is 310 g/mol. The molecule has 0 heterocycles. The summed E-state index contributed by atoms with van der Waals surface area (Å²) in [6, 6.07) is 14.0. The molecule has 0 saturated heterocycles. The molecule has 1 atom stereocenters. The lowest BCUT2D eigenvalue weighted by molar-refractivity contribution is 0.598. The third-order valence-corrected chi connectivity index (χ3v) is 6.09. The first-order valence-corrected chi connectivity index (χ1v) is 8.76. The van der Waals surface area contributed by atoms with Crippen LogP contribution in [0, 0.1) is 6.92 Å². The van der Waals surface area contributed by atoms with Gasteiger partial charge in [-0.25, -0.2) is 9.35 Å². The first kappa shape index (κ1) is 14.7. The second-order valence-electron chi connectivity index (χ2n) is 4.24. The zero-order valence-corrected chi connectivity index (χ0v) is 12.4. The fourth-order valence-electron chi connectivity index (χ4n) is 1.56. The Morgan fingerprint density at radius 1 is 0.850 bits per heavy atom. The van der Waals surface area contributed by atoms with Gasteiger partial charge in [0.05, 0.1) is 9.79 Å². The van der Waals surface area contributed by atoms with Crippen molar-refractivity contribution in [2.45, 2.75) is 16.7 Å². The van der Waals surface area contributed by atoms with Crippen molar-refractivity contribution in [3.8, 4) is 0 Å². The van der Waals surface area contributed by atoms with Crippen molar-refractivity contribution >= 4 is 19.9 Å². The van der Waals surface area contributed by atoms with Crippen LogP contribution in [0.3, 0.4) is 0 Å². The topological polar surface area (TPSA) is 89.6 Å². The summed E-state index contributed by atoms with van der Waals surface area (Å²) in [6.07, 6.45) is 0. The summed E-state index contributed by atoms with van der Waals surface area (Å²) in [5.74, 6) is 0. The van der Waals surface area contributed by atoms with Gasteiger partial charge in [0.2, 0.25) is 0 Å². The maximum atomic E-state index is 12.3. The van der Waals surface area contributed by atoms with E-state index in [4.69, 9.17) is 5.14 Å². The van der Waals surface area contributed by atoms with E-state index in [0.717, 1.165) is 5.56 Å². The summed E-state index contributed by atoms with van der Waals surface area (Å²) < 4.78 is 39.9. The van der Waals surface area contributed by atoms with E-state index in [0.29, 0.717) is 0 Å². The summed E-state index contributed by atoms with van der Waals surface area (Å²) in [6.45, 7) is 1.84. The molecular weight excluding hydrogens is 296 g/mol. The number of nitrogens with zero attached hydrogens (tertiary/aromatic N) is 1. The van der Waals surface area contributed by atoms with Crippen LogP contribution in [0.5, 0.6) is 0 Å². The molecule has 0 aliphatic heterocycles. The van der Waals surface area contributed by atoms with Gasteiger partial charge in [-0.3, -0.25) is 0 Å².